The fraction of sp³-hybridized carbons (Fsp3) is 0.400. The van der Waals surface area contributed by atoms with Gasteiger partial charge in [-0.1, -0.05) is 12.7 Å². The Balaban J connectivity index is 2.17. The van der Waals surface area contributed by atoms with Crippen molar-refractivity contribution >= 4 is 11.9 Å². The number of pyridine rings is 2. The minimum absolute atomic E-state index is 0.0583. The number of nitrogens with zero attached hydrogens (tertiary/aromatic N) is 3. The number of alkyl halides is 2. The van der Waals surface area contributed by atoms with E-state index in [0.29, 0.717) is 6.54 Å². The molecule has 0 amide bonds. The fourth-order valence-electron chi connectivity index (χ4n) is 2.83. The number of nitrogens with one attached hydrogen (secondary N) is 1. The van der Waals surface area contributed by atoms with E-state index in [4.69, 9.17) is 4.74 Å². The molecule has 0 aliphatic heterocycles. The molecule has 0 saturated carbocycles. The molecule has 7 heteroatoms. The second kappa shape index (κ2) is 9.41. The molecule has 0 saturated heterocycles. The van der Waals surface area contributed by atoms with Gasteiger partial charge in [0.2, 0.25) is 5.88 Å². The largest absolute Gasteiger partial charge is 0.471 e. The van der Waals surface area contributed by atoms with Gasteiger partial charge in [-0.3, -0.25) is 4.90 Å². The zero-order chi connectivity index (χ0) is 20.0. The van der Waals surface area contributed by atoms with Crippen LogP contribution in [0.2, 0.25) is 0 Å². The van der Waals surface area contributed by atoms with E-state index in [1.54, 1.807) is 19.3 Å². The molecule has 2 aromatic heterocycles. The van der Waals surface area contributed by atoms with Crippen LogP contribution in [0.3, 0.4) is 0 Å². The van der Waals surface area contributed by atoms with Gasteiger partial charge in [0.1, 0.15) is 5.82 Å². The van der Waals surface area contributed by atoms with E-state index in [-0.39, 0.29) is 11.9 Å². The van der Waals surface area contributed by atoms with Gasteiger partial charge in [-0.25, -0.2) is 18.7 Å². The second-order valence-electron chi connectivity index (χ2n) is 6.37. The number of hydrogen-bond donors (Lipinski definition) is 1. The lowest BCUT2D eigenvalue weighted by Gasteiger charge is -2.27. The van der Waals surface area contributed by atoms with Crippen LogP contribution in [0.1, 0.15) is 35.2 Å². The van der Waals surface area contributed by atoms with Crippen molar-refractivity contribution in [2.45, 2.75) is 32.9 Å². The van der Waals surface area contributed by atoms with Crippen LogP contribution in [0.5, 0.6) is 5.88 Å². The zero-order valence-corrected chi connectivity index (χ0v) is 16.2. The van der Waals surface area contributed by atoms with Crippen LogP contribution in [0.25, 0.3) is 6.08 Å². The molecular formula is C20H26F2N4O. The lowest BCUT2D eigenvalue weighted by atomic mass is 10.0. The van der Waals surface area contributed by atoms with Crippen LogP contribution in [0.4, 0.5) is 14.6 Å². The van der Waals surface area contributed by atoms with Gasteiger partial charge in [0, 0.05) is 43.2 Å². The summed E-state index contributed by atoms with van der Waals surface area (Å²) in [7, 11) is 3.86. The van der Waals surface area contributed by atoms with Crippen molar-refractivity contribution in [2.75, 3.05) is 26.0 Å². The Kier molecular flexibility index (Phi) is 7.24. The number of halogens is 2. The van der Waals surface area contributed by atoms with Gasteiger partial charge in [0.25, 0.3) is 6.43 Å². The molecule has 0 fully saturated rings. The highest BCUT2D eigenvalue weighted by molar-refractivity contribution is 5.59. The average Bonchev–Trinajstić information content (AvgIpc) is 2.66. The van der Waals surface area contributed by atoms with Gasteiger partial charge in [-0.05, 0) is 44.2 Å². The molecule has 0 aliphatic rings. The Morgan fingerprint density at radius 3 is 2.70 bits per heavy atom. The third-order valence-corrected chi connectivity index (χ3v) is 4.50. The van der Waals surface area contributed by atoms with E-state index in [9.17, 15) is 8.78 Å². The van der Waals surface area contributed by atoms with E-state index in [0.717, 1.165) is 28.1 Å². The molecule has 1 N–H and O–H groups in total. The normalized spacial score (nSPS) is 12.3. The SMILES string of the molecule is C=Cc1ccnc(NC)c1CN(C)C(C)c1cnc(OCC(F)F)c(C)c1. The number of aryl methyl sites for hydroxylation is 1. The van der Waals surface area contributed by atoms with Crippen molar-refractivity contribution in [3.63, 3.8) is 0 Å². The molecule has 0 radical (unpaired) electrons. The van der Waals surface area contributed by atoms with Gasteiger partial charge in [-0.2, -0.15) is 0 Å². The maximum atomic E-state index is 12.3. The van der Waals surface area contributed by atoms with E-state index < -0.39 is 13.0 Å². The monoisotopic (exact) mass is 376 g/mol. The molecule has 0 bridgehead atoms. The molecule has 27 heavy (non-hydrogen) atoms. The predicted molar refractivity (Wildman–Crippen MR) is 104 cm³/mol. The van der Waals surface area contributed by atoms with Gasteiger partial charge in [-0.15, -0.1) is 0 Å². The van der Waals surface area contributed by atoms with Gasteiger partial charge in [0.05, 0.1) is 0 Å². The minimum Gasteiger partial charge on any atom is -0.471 e. The average molecular weight is 376 g/mol. The molecule has 5 nitrogen and oxygen atoms in total. The third-order valence-electron chi connectivity index (χ3n) is 4.50. The van der Waals surface area contributed by atoms with Crippen LogP contribution in [-0.2, 0) is 6.54 Å². The van der Waals surface area contributed by atoms with Crippen LogP contribution >= 0.6 is 0 Å². The smallest absolute Gasteiger partial charge is 0.272 e. The molecule has 1 atom stereocenters. The number of anilines is 1. The summed E-state index contributed by atoms with van der Waals surface area (Å²) in [6.45, 7) is 7.76. The highest BCUT2D eigenvalue weighted by atomic mass is 19.3. The highest BCUT2D eigenvalue weighted by Crippen LogP contribution is 2.27. The summed E-state index contributed by atoms with van der Waals surface area (Å²) in [6, 6.07) is 3.91. The number of hydrogen-bond acceptors (Lipinski definition) is 5. The Labute approximate surface area is 159 Å². The topological polar surface area (TPSA) is 50.3 Å². The van der Waals surface area contributed by atoms with Crippen molar-refractivity contribution in [3.8, 4) is 5.88 Å². The lowest BCUT2D eigenvalue weighted by molar-refractivity contribution is 0.0792. The van der Waals surface area contributed by atoms with Crippen LogP contribution in [0.15, 0.2) is 31.1 Å². The van der Waals surface area contributed by atoms with Crippen molar-refractivity contribution in [3.05, 3.63) is 53.4 Å². The van der Waals surface area contributed by atoms with Crippen LogP contribution in [0, 0.1) is 6.92 Å². The molecule has 146 valence electrons. The van der Waals surface area contributed by atoms with Gasteiger partial charge >= 0.3 is 0 Å². The first kappa shape index (κ1) is 20.8. The maximum Gasteiger partial charge on any atom is 0.272 e. The van der Waals surface area contributed by atoms with Crippen LogP contribution < -0.4 is 10.1 Å². The molecular weight excluding hydrogens is 350 g/mol. The van der Waals surface area contributed by atoms with Crippen molar-refractivity contribution in [1.29, 1.82) is 0 Å². The number of ether oxygens (including phenoxy) is 1. The summed E-state index contributed by atoms with van der Waals surface area (Å²) in [5, 5.41) is 3.12. The molecule has 0 aliphatic carbocycles. The Morgan fingerprint density at radius 2 is 2.11 bits per heavy atom. The molecule has 2 aromatic rings. The molecule has 1 unspecified atom stereocenters. The molecule has 2 rings (SSSR count). The lowest BCUT2D eigenvalue weighted by Crippen LogP contribution is -2.23. The standard InChI is InChI=1S/C20H26F2N4O/c1-6-15-7-8-24-19(23-4)17(15)11-26(5)14(3)16-9-13(2)20(25-10-16)27-12-18(21)22/h6-10,14,18H,1,11-12H2,2-5H3,(H,23,24). The van der Waals surface area contributed by atoms with Crippen molar-refractivity contribution in [2.24, 2.45) is 0 Å². The first-order valence-electron chi connectivity index (χ1n) is 8.73. The fourth-order valence-corrected chi connectivity index (χ4v) is 2.83. The first-order chi connectivity index (χ1) is 12.9. The Hall–Kier alpha value is -2.54. The Bertz CT molecular complexity index is 783. The van der Waals surface area contributed by atoms with E-state index in [2.05, 4.69) is 33.7 Å². The summed E-state index contributed by atoms with van der Waals surface area (Å²) >= 11 is 0. The number of aromatic nitrogens is 2. The minimum atomic E-state index is -2.52. The summed E-state index contributed by atoms with van der Waals surface area (Å²) in [5.41, 5.74) is 3.80. The third kappa shape index (κ3) is 5.23. The number of rotatable bonds is 9. The zero-order valence-electron chi connectivity index (χ0n) is 16.2. The summed E-state index contributed by atoms with van der Waals surface area (Å²) in [4.78, 5) is 10.7. The molecule has 0 spiro atoms. The maximum absolute atomic E-state index is 12.3. The van der Waals surface area contributed by atoms with E-state index >= 15 is 0 Å². The van der Waals surface area contributed by atoms with E-state index in [1.165, 1.54) is 0 Å². The second-order valence-corrected chi connectivity index (χ2v) is 6.37. The predicted octanol–water partition coefficient (Wildman–Crippen LogP) is 4.31. The van der Waals surface area contributed by atoms with Gasteiger partial charge in [0.15, 0.2) is 6.61 Å². The first-order valence-corrected chi connectivity index (χ1v) is 8.73. The summed E-state index contributed by atoms with van der Waals surface area (Å²) in [5.74, 6) is 1.06. The van der Waals surface area contributed by atoms with Crippen LogP contribution in [-0.4, -0.2) is 42.0 Å². The molecule has 2 heterocycles. The summed E-state index contributed by atoms with van der Waals surface area (Å²) in [6.07, 6.45) is 2.72. The highest BCUT2D eigenvalue weighted by Gasteiger charge is 2.17. The van der Waals surface area contributed by atoms with E-state index in [1.807, 2.05) is 32.3 Å². The van der Waals surface area contributed by atoms with Crippen molar-refractivity contribution in [1.82, 2.24) is 14.9 Å². The summed E-state index contributed by atoms with van der Waals surface area (Å²) < 4.78 is 29.7. The quantitative estimate of drug-likeness (QED) is 0.707. The molecule has 0 aromatic carbocycles. The van der Waals surface area contributed by atoms with Crippen molar-refractivity contribution < 1.29 is 13.5 Å². The van der Waals surface area contributed by atoms with Gasteiger partial charge < -0.3 is 10.1 Å². The Morgan fingerprint density at radius 1 is 1.37 bits per heavy atom.